The van der Waals surface area contributed by atoms with Crippen molar-refractivity contribution in [3.8, 4) is 5.75 Å². The zero-order chi connectivity index (χ0) is 16.3. The smallest absolute Gasteiger partial charge is 0.325 e. The van der Waals surface area contributed by atoms with Crippen molar-refractivity contribution in [2.45, 2.75) is 0 Å². The van der Waals surface area contributed by atoms with Gasteiger partial charge in [-0.2, -0.15) is 0 Å². The van der Waals surface area contributed by atoms with E-state index in [9.17, 15) is 9.59 Å². The van der Waals surface area contributed by atoms with Gasteiger partial charge in [-0.15, -0.1) is 0 Å². The predicted molar refractivity (Wildman–Crippen MR) is 87.2 cm³/mol. The summed E-state index contributed by atoms with van der Waals surface area (Å²) in [6, 6.07) is 9.06. The van der Waals surface area contributed by atoms with Crippen LogP contribution in [-0.4, -0.2) is 44.6 Å². The molecule has 0 bridgehead atoms. The highest BCUT2D eigenvalue weighted by atomic mass is 79.9. The largest absolute Gasteiger partial charge is 0.496 e. The Balaban J connectivity index is 2.46. The van der Waals surface area contributed by atoms with Gasteiger partial charge >= 0.3 is 5.97 Å². The average molecular weight is 366 g/mol. The van der Waals surface area contributed by atoms with Crippen LogP contribution >= 0.6 is 15.9 Å². The first-order chi connectivity index (χ1) is 10.5. The number of carbonyl (C=O) groups is 2. The third kappa shape index (κ3) is 3.06. The second kappa shape index (κ2) is 6.79. The van der Waals surface area contributed by atoms with Crippen LogP contribution in [0.3, 0.4) is 0 Å². The molecule has 0 aliphatic heterocycles. The van der Waals surface area contributed by atoms with Gasteiger partial charge in [0, 0.05) is 18.0 Å². The minimum atomic E-state index is -0.459. The van der Waals surface area contributed by atoms with E-state index in [1.807, 2.05) is 12.1 Å². The molecule has 0 N–H and O–H groups in total. The summed E-state index contributed by atoms with van der Waals surface area (Å²) in [4.78, 5) is 25.2. The highest BCUT2D eigenvalue weighted by Crippen LogP contribution is 2.34. The monoisotopic (exact) mass is 365 g/mol. The molecule has 0 aromatic heterocycles. The first kappa shape index (κ1) is 16.3. The number of ether oxygens (including phenoxy) is 2. The minimum Gasteiger partial charge on any atom is -0.496 e. The Morgan fingerprint density at radius 3 is 2.50 bits per heavy atom. The van der Waals surface area contributed by atoms with Crippen molar-refractivity contribution in [2.24, 2.45) is 0 Å². The number of likely N-dealkylation sites (N-methyl/N-ethyl adjacent to an activating group) is 1. The zero-order valence-corrected chi connectivity index (χ0v) is 14.1. The highest BCUT2D eigenvalue weighted by molar-refractivity contribution is 9.10. The summed E-state index contributed by atoms with van der Waals surface area (Å²) in [5, 5.41) is 1.66. The van der Waals surface area contributed by atoms with E-state index in [-0.39, 0.29) is 12.5 Å². The summed E-state index contributed by atoms with van der Waals surface area (Å²) in [5.74, 6) is -0.00739. The quantitative estimate of drug-likeness (QED) is 0.781. The van der Waals surface area contributed by atoms with Gasteiger partial charge in [-0.25, -0.2) is 0 Å². The van der Waals surface area contributed by atoms with Crippen LogP contribution in [0.25, 0.3) is 10.8 Å². The number of benzene rings is 2. The highest BCUT2D eigenvalue weighted by Gasteiger charge is 2.18. The normalized spacial score (nSPS) is 10.4. The number of fused-ring (bicyclic) bond motifs is 1. The SMILES string of the molecule is COC(=O)CN(C)C(=O)c1cccc2c(Br)c(OC)ccc12. The number of hydrogen-bond donors (Lipinski definition) is 0. The fraction of sp³-hybridized carbons (Fsp3) is 0.250. The molecule has 5 nitrogen and oxygen atoms in total. The summed E-state index contributed by atoms with van der Waals surface area (Å²) in [5.41, 5.74) is 0.521. The Morgan fingerprint density at radius 1 is 1.14 bits per heavy atom. The first-order valence-corrected chi connectivity index (χ1v) is 7.36. The lowest BCUT2D eigenvalue weighted by atomic mass is 10.0. The summed E-state index contributed by atoms with van der Waals surface area (Å²) < 4.78 is 10.6. The molecule has 1 amide bonds. The van der Waals surface area contributed by atoms with Gasteiger partial charge < -0.3 is 14.4 Å². The minimum absolute atomic E-state index is 0.0942. The Labute approximate surface area is 136 Å². The lowest BCUT2D eigenvalue weighted by molar-refractivity contribution is -0.141. The van der Waals surface area contributed by atoms with Crippen molar-refractivity contribution in [1.82, 2.24) is 4.90 Å². The number of halogens is 1. The van der Waals surface area contributed by atoms with Crippen molar-refractivity contribution in [1.29, 1.82) is 0 Å². The molecule has 0 aliphatic carbocycles. The Kier molecular flexibility index (Phi) is 5.03. The number of nitrogens with zero attached hydrogens (tertiary/aromatic N) is 1. The summed E-state index contributed by atoms with van der Waals surface area (Å²) >= 11 is 3.49. The maximum atomic E-state index is 12.5. The first-order valence-electron chi connectivity index (χ1n) is 6.57. The second-order valence-electron chi connectivity index (χ2n) is 4.72. The van der Waals surface area contributed by atoms with Gasteiger partial charge in [-0.05, 0) is 39.5 Å². The number of carbonyl (C=O) groups excluding carboxylic acids is 2. The van der Waals surface area contributed by atoms with E-state index in [0.717, 1.165) is 15.2 Å². The van der Waals surface area contributed by atoms with Crippen LogP contribution in [0.15, 0.2) is 34.8 Å². The van der Waals surface area contributed by atoms with E-state index >= 15 is 0 Å². The fourth-order valence-corrected chi connectivity index (χ4v) is 2.82. The summed E-state index contributed by atoms with van der Waals surface area (Å²) in [7, 11) is 4.45. The molecule has 0 atom stereocenters. The van der Waals surface area contributed by atoms with Crippen molar-refractivity contribution < 1.29 is 19.1 Å². The lowest BCUT2D eigenvalue weighted by Gasteiger charge is -2.17. The Bertz CT molecular complexity index is 729. The molecular formula is C16H16BrNO4. The third-order valence-corrected chi connectivity index (χ3v) is 4.17. The topological polar surface area (TPSA) is 55.8 Å². The number of amides is 1. The van der Waals surface area contributed by atoms with E-state index in [2.05, 4.69) is 20.7 Å². The van der Waals surface area contributed by atoms with Crippen LogP contribution in [0, 0.1) is 0 Å². The van der Waals surface area contributed by atoms with Crippen molar-refractivity contribution in [3.63, 3.8) is 0 Å². The summed E-state index contributed by atoms with van der Waals surface area (Å²) in [6.45, 7) is -0.0942. The molecule has 0 aliphatic rings. The molecule has 2 aromatic rings. The van der Waals surface area contributed by atoms with E-state index in [1.54, 1.807) is 32.4 Å². The van der Waals surface area contributed by atoms with Gasteiger partial charge in [0.15, 0.2) is 0 Å². The fourth-order valence-electron chi connectivity index (χ4n) is 2.18. The van der Waals surface area contributed by atoms with Crippen molar-refractivity contribution >= 4 is 38.6 Å². The summed E-state index contributed by atoms with van der Waals surface area (Å²) in [6.07, 6.45) is 0. The zero-order valence-electron chi connectivity index (χ0n) is 12.6. The van der Waals surface area contributed by atoms with Crippen LogP contribution in [-0.2, 0) is 9.53 Å². The second-order valence-corrected chi connectivity index (χ2v) is 5.51. The Hall–Kier alpha value is -2.08. The molecule has 0 heterocycles. The Morgan fingerprint density at radius 2 is 1.86 bits per heavy atom. The van der Waals surface area contributed by atoms with Crippen LogP contribution in [0.5, 0.6) is 5.75 Å². The molecule has 22 heavy (non-hydrogen) atoms. The third-order valence-electron chi connectivity index (χ3n) is 3.35. The van der Waals surface area contributed by atoms with E-state index < -0.39 is 5.97 Å². The van der Waals surface area contributed by atoms with Gasteiger partial charge in [0.05, 0.1) is 18.7 Å². The number of esters is 1. The van der Waals surface area contributed by atoms with Crippen LogP contribution in [0.4, 0.5) is 0 Å². The molecule has 0 fully saturated rings. The molecule has 2 aromatic carbocycles. The molecule has 0 unspecified atom stereocenters. The lowest BCUT2D eigenvalue weighted by Crippen LogP contribution is -2.32. The number of methoxy groups -OCH3 is 2. The van der Waals surface area contributed by atoms with Gasteiger partial charge in [0.2, 0.25) is 0 Å². The molecule has 0 saturated heterocycles. The average Bonchev–Trinajstić information content (AvgIpc) is 2.54. The molecule has 6 heteroatoms. The standard InChI is InChI=1S/C16H16BrNO4/c1-18(9-14(19)22-3)16(20)12-6-4-5-11-10(12)7-8-13(21-2)15(11)17/h4-8H,9H2,1-3H3. The molecule has 116 valence electrons. The van der Waals surface area contributed by atoms with Gasteiger partial charge in [-0.3, -0.25) is 9.59 Å². The van der Waals surface area contributed by atoms with Gasteiger partial charge in [0.1, 0.15) is 12.3 Å². The molecule has 0 radical (unpaired) electrons. The molecular weight excluding hydrogens is 350 g/mol. The van der Waals surface area contributed by atoms with Gasteiger partial charge in [-0.1, -0.05) is 12.1 Å². The number of hydrogen-bond acceptors (Lipinski definition) is 4. The maximum absolute atomic E-state index is 12.5. The maximum Gasteiger partial charge on any atom is 0.325 e. The molecule has 0 saturated carbocycles. The van der Waals surface area contributed by atoms with E-state index in [0.29, 0.717) is 11.3 Å². The van der Waals surface area contributed by atoms with Gasteiger partial charge in [0.25, 0.3) is 5.91 Å². The van der Waals surface area contributed by atoms with Crippen molar-refractivity contribution in [2.75, 3.05) is 27.8 Å². The van der Waals surface area contributed by atoms with E-state index in [4.69, 9.17) is 4.74 Å². The molecule has 0 spiro atoms. The number of rotatable bonds is 4. The van der Waals surface area contributed by atoms with Crippen molar-refractivity contribution in [3.05, 3.63) is 40.4 Å². The van der Waals surface area contributed by atoms with Crippen LogP contribution < -0.4 is 4.74 Å². The van der Waals surface area contributed by atoms with Crippen LogP contribution in [0.2, 0.25) is 0 Å². The van der Waals surface area contributed by atoms with Crippen LogP contribution in [0.1, 0.15) is 10.4 Å². The predicted octanol–water partition coefficient (Wildman–Crippen LogP) is 2.86. The van der Waals surface area contributed by atoms with E-state index in [1.165, 1.54) is 12.0 Å². The molecule has 2 rings (SSSR count).